The zero-order valence-electron chi connectivity index (χ0n) is 11.1. The Hall–Kier alpha value is -1.50. The molecule has 0 aliphatic carbocycles. The van der Waals surface area contributed by atoms with E-state index in [0.29, 0.717) is 20.6 Å². The average Bonchev–Trinajstić information content (AvgIpc) is 2.90. The molecule has 0 saturated carbocycles. The lowest BCUT2D eigenvalue weighted by atomic mass is 10.2. The highest BCUT2D eigenvalue weighted by Crippen LogP contribution is 2.31. The van der Waals surface area contributed by atoms with E-state index in [2.05, 4.69) is 15.6 Å². The molecule has 0 fully saturated rings. The van der Waals surface area contributed by atoms with Crippen molar-refractivity contribution in [1.82, 2.24) is 10.3 Å². The summed E-state index contributed by atoms with van der Waals surface area (Å²) >= 11 is 13.0. The molecule has 2 rings (SSSR count). The topological polar surface area (TPSA) is 74.2 Å². The van der Waals surface area contributed by atoms with Gasteiger partial charge in [0.1, 0.15) is 10.6 Å². The van der Waals surface area contributed by atoms with Gasteiger partial charge in [0, 0.05) is 23.7 Å². The van der Waals surface area contributed by atoms with E-state index < -0.39 is 0 Å². The van der Waals surface area contributed by atoms with Gasteiger partial charge in [-0.05, 0) is 19.1 Å². The van der Waals surface area contributed by atoms with Crippen molar-refractivity contribution in [3.05, 3.63) is 38.8 Å². The van der Waals surface area contributed by atoms with Gasteiger partial charge in [0.2, 0.25) is 0 Å². The number of halogens is 2. The van der Waals surface area contributed by atoms with Crippen molar-refractivity contribution in [1.29, 1.82) is 0 Å². The molecule has 1 aromatic carbocycles. The first kappa shape index (κ1) is 15.9. The SMILES string of the molecule is CCNc1ncc(C(=O)NCc2cc(Cl)cc(Cl)c2O)s1. The number of aromatic hydroxyl groups is 1. The standard InChI is InChI=1S/C13H13Cl2N3O2S/c1-2-16-13-18-6-10(21-13)12(20)17-5-7-3-8(14)4-9(15)11(7)19/h3-4,6,19H,2,5H2,1H3,(H,16,18)(H,17,20). The Labute approximate surface area is 135 Å². The van der Waals surface area contributed by atoms with E-state index in [4.69, 9.17) is 23.2 Å². The Kier molecular flexibility index (Phi) is 5.27. The van der Waals surface area contributed by atoms with Crippen LogP contribution in [0.25, 0.3) is 0 Å². The number of nitrogens with one attached hydrogen (secondary N) is 2. The van der Waals surface area contributed by atoms with Crippen LogP contribution in [0.4, 0.5) is 5.13 Å². The molecule has 0 radical (unpaired) electrons. The lowest BCUT2D eigenvalue weighted by Crippen LogP contribution is -2.21. The van der Waals surface area contributed by atoms with Crippen LogP contribution in [0.3, 0.4) is 0 Å². The fourth-order valence-electron chi connectivity index (χ4n) is 1.63. The molecular formula is C13H13Cl2N3O2S. The van der Waals surface area contributed by atoms with Crippen LogP contribution in [0.5, 0.6) is 5.75 Å². The molecule has 21 heavy (non-hydrogen) atoms. The molecule has 0 aliphatic rings. The van der Waals surface area contributed by atoms with Gasteiger partial charge in [0.05, 0.1) is 11.2 Å². The highest BCUT2D eigenvalue weighted by atomic mass is 35.5. The number of thiazole rings is 1. The number of carbonyl (C=O) groups excluding carboxylic acids is 1. The first-order valence-electron chi connectivity index (χ1n) is 6.16. The molecule has 0 bridgehead atoms. The summed E-state index contributed by atoms with van der Waals surface area (Å²) in [5, 5.41) is 16.8. The molecule has 1 aromatic heterocycles. The summed E-state index contributed by atoms with van der Waals surface area (Å²) in [5.41, 5.74) is 0.456. The van der Waals surface area contributed by atoms with Crippen molar-refractivity contribution >= 4 is 45.6 Å². The second-order valence-electron chi connectivity index (χ2n) is 4.14. The van der Waals surface area contributed by atoms with E-state index in [1.165, 1.54) is 23.6 Å². The molecule has 1 heterocycles. The summed E-state index contributed by atoms with van der Waals surface area (Å²) < 4.78 is 0. The number of hydrogen-bond donors (Lipinski definition) is 3. The van der Waals surface area contributed by atoms with Gasteiger partial charge in [-0.15, -0.1) is 0 Å². The van der Waals surface area contributed by atoms with Crippen LogP contribution >= 0.6 is 34.5 Å². The molecule has 8 heteroatoms. The van der Waals surface area contributed by atoms with Crippen LogP contribution in [0.15, 0.2) is 18.3 Å². The minimum absolute atomic E-state index is 0.0843. The average molecular weight is 346 g/mol. The summed E-state index contributed by atoms with van der Waals surface area (Å²) in [5.74, 6) is -0.355. The molecule has 0 unspecified atom stereocenters. The Balaban J connectivity index is 2.03. The van der Waals surface area contributed by atoms with E-state index in [1.807, 2.05) is 6.92 Å². The largest absolute Gasteiger partial charge is 0.506 e. The van der Waals surface area contributed by atoms with Gasteiger partial charge >= 0.3 is 0 Å². The molecule has 112 valence electrons. The highest BCUT2D eigenvalue weighted by Gasteiger charge is 2.12. The second-order valence-corrected chi connectivity index (χ2v) is 6.01. The lowest BCUT2D eigenvalue weighted by Gasteiger charge is -2.08. The quantitative estimate of drug-likeness (QED) is 0.774. The smallest absolute Gasteiger partial charge is 0.263 e. The maximum atomic E-state index is 12.0. The Morgan fingerprint density at radius 2 is 2.19 bits per heavy atom. The van der Waals surface area contributed by atoms with Gasteiger partial charge in [-0.2, -0.15) is 0 Å². The van der Waals surface area contributed by atoms with Gasteiger partial charge in [-0.25, -0.2) is 4.98 Å². The third kappa shape index (κ3) is 4.00. The van der Waals surface area contributed by atoms with E-state index in [0.717, 1.165) is 6.54 Å². The number of hydrogen-bond acceptors (Lipinski definition) is 5. The van der Waals surface area contributed by atoms with Crippen LogP contribution < -0.4 is 10.6 Å². The summed E-state index contributed by atoms with van der Waals surface area (Å²) in [6.45, 7) is 2.82. The van der Waals surface area contributed by atoms with Crippen LogP contribution in [0.2, 0.25) is 10.0 Å². The third-order valence-electron chi connectivity index (χ3n) is 2.60. The van der Waals surface area contributed by atoms with Crippen molar-refractivity contribution in [3.8, 4) is 5.75 Å². The normalized spacial score (nSPS) is 10.4. The van der Waals surface area contributed by atoms with E-state index in [-0.39, 0.29) is 23.2 Å². The van der Waals surface area contributed by atoms with E-state index in [9.17, 15) is 9.90 Å². The van der Waals surface area contributed by atoms with Crippen molar-refractivity contribution < 1.29 is 9.90 Å². The molecule has 0 spiro atoms. The minimum atomic E-state index is -0.271. The maximum Gasteiger partial charge on any atom is 0.263 e. The predicted octanol–water partition coefficient (Wildman–Crippen LogP) is 3.52. The van der Waals surface area contributed by atoms with Gasteiger partial charge in [0.15, 0.2) is 5.13 Å². The van der Waals surface area contributed by atoms with Gasteiger partial charge in [-0.1, -0.05) is 34.5 Å². The molecule has 1 amide bonds. The number of phenolic OH excluding ortho intramolecular Hbond substituents is 1. The molecule has 2 aromatic rings. The van der Waals surface area contributed by atoms with Crippen molar-refractivity contribution in [2.75, 3.05) is 11.9 Å². The zero-order valence-corrected chi connectivity index (χ0v) is 13.4. The van der Waals surface area contributed by atoms with Crippen molar-refractivity contribution in [2.24, 2.45) is 0 Å². The number of benzene rings is 1. The number of phenols is 1. The number of amides is 1. The van der Waals surface area contributed by atoms with Crippen LogP contribution in [0, 0.1) is 0 Å². The maximum absolute atomic E-state index is 12.0. The number of aromatic nitrogens is 1. The predicted molar refractivity (Wildman–Crippen MR) is 85.6 cm³/mol. The van der Waals surface area contributed by atoms with Gasteiger partial charge < -0.3 is 15.7 Å². The Morgan fingerprint density at radius 1 is 1.43 bits per heavy atom. The van der Waals surface area contributed by atoms with Crippen LogP contribution in [-0.4, -0.2) is 22.5 Å². The Morgan fingerprint density at radius 3 is 2.90 bits per heavy atom. The van der Waals surface area contributed by atoms with Crippen LogP contribution in [0.1, 0.15) is 22.2 Å². The van der Waals surface area contributed by atoms with Crippen molar-refractivity contribution in [2.45, 2.75) is 13.5 Å². The highest BCUT2D eigenvalue weighted by molar-refractivity contribution is 7.17. The monoisotopic (exact) mass is 345 g/mol. The molecule has 0 atom stereocenters. The molecule has 0 aliphatic heterocycles. The van der Waals surface area contributed by atoms with E-state index in [1.54, 1.807) is 6.07 Å². The molecule has 3 N–H and O–H groups in total. The van der Waals surface area contributed by atoms with Gasteiger partial charge in [-0.3, -0.25) is 4.79 Å². The van der Waals surface area contributed by atoms with Crippen molar-refractivity contribution in [3.63, 3.8) is 0 Å². The number of nitrogens with zero attached hydrogens (tertiary/aromatic N) is 1. The third-order valence-corrected chi connectivity index (χ3v) is 4.06. The first-order valence-corrected chi connectivity index (χ1v) is 7.73. The fraction of sp³-hybridized carbons (Fsp3) is 0.231. The summed E-state index contributed by atoms with van der Waals surface area (Å²) in [4.78, 5) is 16.6. The summed E-state index contributed by atoms with van der Waals surface area (Å²) in [6, 6.07) is 3.00. The van der Waals surface area contributed by atoms with E-state index >= 15 is 0 Å². The molecule has 5 nitrogen and oxygen atoms in total. The second kappa shape index (κ2) is 6.98. The first-order chi connectivity index (χ1) is 10.0. The Bertz CT molecular complexity index is 661. The molecule has 0 saturated heterocycles. The number of rotatable bonds is 5. The fourth-order valence-corrected chi connectivity index (χ4v) is 2.96. The summed E-state index contributed by atoms with van der Waals surface area (Å²) in [7, 11) is 0. The van der Waals surface area contributed by atoms with Gasteiger partial charge in [0.25, 0.3) is 5.91 Å². The van der Waals surface area contributed by atoms with Crippen LogP contribution in [-0.2, 0) is 6.54 Å². The number of carbonyl (C=O) groups is 1. The summed E-state index contributed by atoms with van der Waals surface area (Å²) in [6.07, 6.45) is 1.50. The molecular weight excluding hydrogens is 333 g/mol. The zero-order chi connectivity index (χ0) is 15.4. The number of anilines is 1. The minimum Gasteiger partial charge on any atom is -0.506 e. The lowest BCUT2D eigenvalue weighted by molar-refractivity contribution is 0.0954.